The lowest BCUT2D eigenvalue weighted by Gasteiger charge is -2.50. The summed E-state index contributed by atoms with van der Waals surface area (Å²) in [7, 11) is 7.85. The van der Waals surface area contributed by atoms with Crippen LogP contribution in [0, 0.1) is 5.92 Å². The van der Waals surface area contributed by atoms with Crippen molar-refractivity contribution in [2.45, 2.75) is 44.7 Å². The van der Waals surface area contributed by atoms with E-state index in [1.165, 1.54) is 24.0 Å². The van der Waals surface area contributed by atoms with E-state index in [-0.39, 0.29) is 5.41 Å². The van der Waals surface area contributed by atoms with Crippen LogP contribution in [-0.4, -0.2) is 57.2 Å². The molecular weight excluding hydrogens is 372 g/mol. The van der Waals surface area contributed by atoms with Crippen LogP contribution in [0.5, 0.6) is 11.5 Å². The van der Waals surface area contributed by atoms with Gasteiger partial charge in [-0.25, -0.2) is 0 Å². The summed E-state index contributed by atoms with van der Waals surface area (Å²) in [5, 5.41) is 0. The Balaban J connectivity index is 1.75. The van der Waals surface area contributed by atoms with Crippen LogP contribution in [0.25, 0.3) is 0 Å². The summed E-state index contributed by atoms with van der Waals surface area (Å²) in [6.45, 7) is 7.91. The van der Waals surface area contributed by atoms with E-state index in [4.69, 9.17) is 9.47 Å². The minimum Gasteiger partial charge on any atom is -0.493 e. The van der Waals surface area contributed by atoms with Crippen LogP contribution in [0.15, 0.2) is 48.5 Å². The third-order valence-electron chi connectivity index (χ3n) is 7.11. The van der Waals surface area contributed by atoms with Crippen LogP contribution in [0.4, 0.5) is 0 Å². The molecule has 3 rings (SSSR count). The molecule has 1 aliphatic rings. The maximum Gasteiger partial charge on any atom is 0.161 e. The molecule has 1 fully saturated rings. The van der Waals surface area contributed by atoms with Crippen LogP contribution >= 0.6 is 0 Å². The lowest BCUT2D eigenvalue weighted by atomic mass is 9.63. The average Bonchev–Trinajstić information content (AvgIpc) is 2.76. The molecule has 0 radical (unpaired) electrons. The SMILES string of the molecule is COc1ccc(CN(C)CC[C@]2(c3ccccc3)C[C@@H](C)N(C)C[C@H]2C)cc1OC. The largest absolute Gasteiger partial charge is 0.493 e. The maximum absolute atomic E-state index is 5.48. The van der Waals surface area contributed by atoms with Crippen molar-refractivity contribution in [1.82, 2.24) is 9.80 Å². The molecule has 0 unspecified atom stereocenters. The van der Waals surface area contributed by atoms with Gasteiger partial charge in [0.25, 0.3) is 0 Å². The first-order valence-corrected chi connectivity index (χ1v) is 11.0. The molecule has 1 heterocycles. The summed E-state index contributed by atoms with van der Waals surface area (Å²) in [6.07, 6.45) is 2.37. The molecule has 0 saturated carbocycles. The molecule has 4 nitrogen and oxygen atoms in total. The van der Waals surface area contributed by atoms with Crippen molar-refractivity contribution >= 4 is 0 Å². The van der Waals surface area contributed by atoms with E-state index in [2.05, 4.69) is 80.2 Å². The van der Waals surface area contributed by atoms with E-state index in [1.54, 1.807) is 14.2 Å². The molecule has 2 aromatic carbocycles. The fourth-order valence-electron chi connectivity index (χ4n) is 5.10. The van der Waals surface area contributed by atoms with Crippen LogP contribution in [-0.2, 0) is 12.0 Å². The number of likely N-dealkylation sites (tertiary alicyclic amines) is 1. The smallest absolute Gasteiger partial charge is 0.161 e. The van der Waals surface area contributed by atoms with Crippen molar-refractivity contribution in [2.24, 2.45) is 5.92 Å². The van der Waals surface area contributed by atoms with Crippen LogP contribution in [0.2, 0.25) is 0 Å². The third kappa shape index (κ3) is 4.81. The molecule has 0 bridgehead atoms. The van der Waals surface area contributed by atoms with Crippen molar-refractivity contribution in [3.05, 3.63) is 59.7 Å². The van der Waals surface area contributed by atoms with Gasteiger partial charge in [-0.15, -0.1) is 0 Å². The molecule has 2 aromatic rings. The number of hydrogen-bond donors (Lipinski definition) is 0. The molecule has 164 valence electrons. The second kappa shape index (κ2) is 9.84. The Morgan fingerprint density at radius 3 is 2.40 bits per heavy atom. The van der Waals surface area contributed by atoms with Gasteiger partial charge in [0.1, 0.15) is 0 Å². The molecule has 0 N–H and O–H groups in total. The summed E-state index contributed by atoms with van der Waals surface area (Å²) in [4.78, 5) is 4.95. The van der Waals surface area contributed by atoms with Crippen molar-refractivity contribution in [3.63, 3.8) is 0 Å². The molecule has 30 heavy (non-hydrogen) atoms. The lowest BCUT2D eigenvalue weighted by molar-refractivity contribution is 0.0622. The second-order valence-corrected chi connectivity index (χ2v) is 9.09. The number of hydrogen-bond acceptors (Lipinski definition) is 4. The molecular formula is C26H38N2O2. The van der Waals surface area contributed by atoms with Crippen molar-refractivity contribution < 1.29 is 9.47 Å². The standard InChI is InChI=1S/C26H38N2O2/c1-20-18-28(4)21(2)17-26(20,23-10-8-7-9-11-23)14-15-27(3)19-22-12-13-24(29-5)25(16-22)30-6/h7-13,16,20-21H,14-15,17-19H2,1-6H3/t20-,21-,26+/m1/s1. The molecule has 0 amide bonds. The topological polar surface area (TPSA) is 24.9 Å². The van der Waals surface area contributed by atoms with E-state index in [1.807, 2.05) is 6.07 Å². The van der Waals surface area contributed by atoms with E-state index < -0.39 is 0 Å². The number of methoxy groups -OCH3 is 2. The van der Waals surface area contributed by atoms with E-state index in [9.17, 15) is 0 Å². The predicted octanol–water partition coefficient (Wildman–Crippen LogP) is 4.82. The van der Waals surface area contributed by atoms with Crippen molar-refractivity contribution in [2.75, 3.05) is 41.4 Å². The Kier molecular flexibility index (Phi) is 7.43. The highest BCUT2D eigenvalue weighted by molar-refractivity contribution is 5.42. The first-order valence-electron chi connectivity index (χ1n) is 11.0. The monoisotopic (exact) mass is 410 g/mol. The Morgan fingerprint density at radius 2 is 1.73 bits per heavy atom. The molecule has 1 aliphatic heterocycles. The van der Waals surface area contributed by atoms with Gasteiger partial charge < -0.3 is 19.3 Å². The average molecular weight is 411 g/mol. The van der Waals surface area contributed by atoms with Crippen LogP contribution < -0.4 is 9.47 Å². The number of ether oxygens (including phenoxy) is 2. The van der Waals surface area contributed by atoms with E-state index in [0.29, 0.717) is 12.0 Å². The van der Waals surface area contributed by atoms with E-state index >= 15 is 0 Å². The minimum absolute atomic E-state index is 0.221. The van der Waals surface area contributed by atoms with Gasteiger partial charge in [0.2, 0.25) is 0 Å². The Bertz CT molecular complexity index is 810. The zero-order valence-corrected chi connectivity index (χ0v) is 19.5. The highest BCUT2D eigenvalue weighted by atomic mass is 16.5. The van der Waals surface area contributed by atoms with Crippen LogP contribution in [0.1, 0.15) is 37.8 Å². The minimum atomic E-state index is 0.221. The van der Waals surface area contributed by atoms with Crippen LogP contribution in [0.3, 0.4) is 0 Å². The van der Waals surface area contributed by atoms with Gasteiger partial charge in [0, 0.05) is 24.5 Å². The quantitative estimate of drug-likeness (QED) is 0.623. The normalized spacial score (nSPS) is 24.8. The van der Waals surface area contributed by atoms with Gasteiger partial charge in [-0.2, -0.15) is 0 Å². The first-order chi connectivity index (χ1) is 14.4. The summed E-state index contributed by atoms with van der Waals surface area (Å²) >= 11 is 0. The highest BCUT2D eigenvalue weighted by Gasteiger charge is 2.43. The Morgan fingerprint density at radius 1 is 1.03 bits per heavy atom. The van der Waals surface area contributed by atoms with Gasteiger partial charge >= 0.3 is 0 Å². The first kappa shape index (κ1) is 22.6. The third-order valence-corrected chi connectivity index (χ3v) is 7.11. The highest BCUT2D eigenvalue weighted by Crippen LogP contribution is 2.44. The molecule has 3 atom stereocenters. The lowest BCUT2D eigenvalue weighted by Crippen LogP contribution is -2.52. The predicted molar refractivity (Wildman–Crippen MR) is 124 cm³/mol. The second-order valence-electron chi connectivity index (χ2n) is 9.09. The zero-order chi connectivity index (χ0) is 21.7. The fraction of sp³-hybridized carbons (Fsp3) is 0.538. The number of benzene rings is 2. The molecule has 4 heteroatoms. The Labute approximate surface area is 182 Å². The van der Waals surface area contributed by atoms with Gasteiger partial charge in [0.05, 0.1) is 14.2 Å². The van der Waals surface area contributed by atoms with Gasteiger partial charge in [-0.1, -0.05) is 43.3 Å². The summed E-state index contributed by atoms with van der Waals surface area (Å²) in [5.41, 5.74) is 2.96. The molecule has 0 aliphatic carbocycles. The van der Waals surface area contributed by atoms with Gasteiger partial charge in [-0.05, 0) is 69.6 Å². The Hall–Kier alpha value is -2.04. The van der Waals surface area contributed by atoms with E-state index in [0.717, 1.165) is 31.1 Å². The molecule has 0 aromatic heterocycles. The summed E-state index contributed by atoms with van der Waals surface area (Å²) < 4.78 is 10.8. The number of nitrogens with zero attached hydrogens (tertiary/aromatic N) is 2. The van der Waals surface area contributed by atoms with Gasteiger partial charge in [0.15, 0.2) is 11.5 Å². The van der Waals surface area contributed by atoms with Gasteiger partial charge in [-0.3, -0.25) is 0 Å². The summed E-state index contributed by atoms with van der Waals surface area (Å²) in [5.74, 6) is 2.19. The number of piperidine rings is 1. The molecule has 1 saturated heterocycles. The zero-order valence-electron chi connectivity index (χ0n) is 19.5. The fourth-order valence-corrected chi connectivity index (χ4v) is 5.10. The maximum atomic E-state index is 5.48. The summed E-state index contributed by atoms with van der Waals surface area (Å²) in [6, 6.07) is 18.0. The van der Waals surface area contributed by atoms with Crippen molar-refractivity contribution in [1.29, 1.82) is 0 Å². The molecule has 0 spiro atoms. The number of rotatable bonds is 8. The van der Waals surface area contributed by atoms with Crippen molar-refractivity contribution in [3.8, 4) is 11.5 Å².